The third kappa shape index (κ3) is 17.7. The summed E-state index contributed by atoms with van der Waals surface area (Å²) in [4.78, 5) is 0. The highest BCUT2D eigenvalue weighted by atomic mass is 32.2. The minimum atomic E-state index is -3.70. The van der Waals surface area contributed by atoms with Crippen molar-refractivity contribution in [3.8, 4) is 0 Å². The summed E-state index contributed by atoms with van der Waals surface area (Å²) in [5, 5.41) is 0. The number of hydrazine groups is 1. The van der Waals surface area contributed by atoms with Crippen LogP contribution < -0.4 is 11.7 Å². The lowest BCUT2D eigenvalue weighted by atomic mass is 10.3. The number of hydrogen-bond donors (Lipinski definition) is 3. The molecule has 0 heterocycles. The van der Waals surface area contributed by atoms with Crippen LogP contribution in [-0.4, -0.2) is 18.7 Å². The van der Waals surface area contributed by atoms with E-state index < -0.39 is 10.1 Å². The highest BCUT2D eigenvalue weighted by molar-refractivity contribution is 7.85. The van der Waals surface area contributed by atoms with Crippen molar-refractivity contribution >= 4 is 10.1 Å². The lowest BCUT2D eigenvalue weighted by Crippen LogP contribution is -2.02. The number of nitrogens with two attached hydrogens (primary N) is 2. The van der Waals surface area contributed by atoms with Crippen LogP contribution in [0.2, 0.25) is 0 Å². The first-order chi connectivity index (χ1) is 5.06. The van der Waals surface area contributed by atoms with Crippen molar-refractivity contribution < 1.29 is 13.0 Å². The Morgan fingerprint density at radius 3 is 2.00 bits per heavy atom. The van der Waals surface area contributed by atoms with Crippen LogP contribution in [0, 0.1) is 0 Å². The second-order valence-corrected chi connectivity index (χ2v) is 3.57. The molecule has 70 valence electrons. The molecular formula is C5H16N2O3S. The molecule has 0 aromatic carbocycles. The zero-order valence-electron chi connectivity index (χ0n) is 6.66. The van der Waals surface area contributed by atoms with Crippen molar-refractivity contribution in [2.75, 3.05) is 5.75 Å². The van der Waals surface area contributed by atoms with E-state index in [1.807, 2.05) is 6.92 Å². The Balaban J connectivity index is 0. The van der Waals surface area contributed by atoms with Crippen molar-refractivity contribution in [3.05, 3.63) is 0 Å². The van der Waals surface area contributed by atoms with Gasteiger partial charge in [-0.05, 0) is 6.42 Å². The van der Waals surface area contributed by atoms with Gasteiger partial charge in [0.1, 0.15) is 0 Å². The minimum absolute atomic E-state index is 0.0964. The Kier molecular flexibility index (Phi) is 9.68. The second-order valence-electron chi connectivity index (χ2n) is 1.99. The molecule has 0 aliphatic heterocycles. The highest BCUT2D eigenvalue weighted by Gasteiger charge is 2.01. The molecule has 0 aromatic rings. The molecular weight excluding hydrogens is 168 g/mol. The van der Waals surface area contributed by atoms with Gasteiger partial charge in [0.15, 0.2) is 0 Å². The quantitative estimate of drug-likeness (QED) is 0.244. The largest absolute Gasteiger partial charge is 0.286 e. The summed E-state index contributed by atoms with van der Waals surface area (Å²) in [7, 11) is -3.70. The van der Waals surface area contributed by atoms with Crippen molar-refractivity contribution in [3.63, 3.8) is 0 Å². The maximum absolute atomic E-state index is 10.1. The Morgan fingerprint density at radius 2 is 1.73 bits per heavy atom. The van der Waals surface area contributed by atoms with E-state index >= 15 is 0 Å². The van der Waals surface area contributed by atoms with E-state index in [1.54, 1.807) is 0 Å². The van der Waals surface area contributed by atoms with Crippen LogP contribution in [0.3, 0.4) is 0 Å². The van der Waals surface area contributed by atoms with E-state index in [0.717, 1.165) is 12.8 Å². The topological polar surface area (TPSA) is 106 Å². The van der Waals surface area contributed by atoms with Gasteiger partial charge >= 0.3 is 0 Å². The first-order valence-corrected chi connectivity index (χ1v) is 4.95. The SMILES string of the molecule is CCCCCS(=O)(=O)O.NN. The summed E-state index contributed by atoms with van der Waals surface area (Å²) in [6, 6.07) is 0. The van der Waals surface area contributed by atoms with Gasteiger partial charge in [-0.15, -0.1) is 0 Å². The van der Waals surface area contributed by atoms with Gasteiger partial charge in [-0.25, -0.2) is 0 Å². The van der Waals surface area contributed by atoms with E-state index in [0.29, 0.717) is 6.42 Å². The molecule has 0 atom stereocenters. The van der Waals surface area contributed by atoms with Gasteiger partial charge in [0.25, 0.3) is 10.1 Å². The standard InChI is InChI=1S/C5H12O3S.H4N2/c1-2-3-4-5-9(6,7)8;1-2/h2-5H2,1H3,(H,6,7,8);1-2H2. The summed E-state index contributed by atoms with van der Waals surface area (Å²) < 4.78 is 28.3. The van der Waals surface area contributed by atoms with Crippen LogP contribution in [0.1, 0.15) is 26.2 Å². The summed E-state index contributed by atoms with van der Waals surface area (Å²) in [6.07, 6.45) is 2.39. The van der Waals surface area contributed by atoms with Crippen LogP contribution in [0.15, 0.2) is 0 Å². The molecule has 0 fully saturated rings. The molecule has 6 heteroatoms. The molecule has 11 heavy (non-hydrogen) atoms. The molecule has 5 nitrogen and oxygen atoms in total. The van der Waals surface area contributed by atoms with Crippen LogP contribution in [0.5, 0.6) is 0 Å². The molecule has 0 radical (unpaired) electrons. The Labute approximate surface area is 67.5 Å². The monoisotopic (exact) mass is 184 g/mol. The maximum Gasteiger partial charge on any atom is 0.264 e. The third-order valence-electron chi connectivity index (χ3n) is 1.01. The summed E-state index contributed by atoms with van der Waals surface area (Å²) in [5.74, 6) is 7.90. The summed E-state index contributed by atoms with van der Waals surface area (Å²) in [6.45, 7) is 1.98. The fraction of sp³-hybridized carbons (Fsp3) is 1.00. The Hall–Kier alpha value is -0.170. The lowest BCUT2D eigenvalue weighted by Gasteiger charge is -1.92. The van der Waals surface area contributed by atoms with E-state index in [2.05, 4.69) is 11.7 Å². The van der Waals surface area contributed by atoms with Crippen LogP contribution in [0.25, 0.3) is 0 Å². The number of rotatable bonds is 4. The molecule has 5 N–H and O–H groups in total. The minimum Gasteiger partial charge on any atom is -0.286 e. The van der Waals surface area contributed by atoms with Crippen LogP contribution >= 0.6 is 0 Å². The predicted molar refractivity (Wildman–Crippen MR) is 44.3 cm³/mol. The third-order valence-corrected chi connectivity index (χ3v) is 1.81. The molecule has 0 spiro atoms. The van der Waals surface area contributed by atoms with Gasteiger partial charge in [-0.1, -0.05) is 19.8 Å². The normalized spacial score (nSPS) is 10.2. The van der Waals surface area contributed by atoms with Gasteiger partial charge < -0.3 is 0 Å². The molecule has 0 amide bonds. The smallest absolute Gasteiger partial charge is 0.264 e. The van der Waals surface area contributed by atoms with Gasteiger partial charge in [0.2, 0.25) is 0 Å². The number of hydrogen-bond acceptors (Lipinski definition) is 4. The molecule has 0 unspecified atom stereocenters. The van der Waals surface area contributed by atoms with Gasteiger partial charge in [0.05, 0.1) is 5.75 Å². The van der Waals surface area contributed by atoms with E-state index in [9.17, 15) is 8.42 Å². The zero-order chi connectivity index (χ0) is 9.33. The Morgan fingerprint density at radius 1 is 1.27 bits per heavy atom. The van der Waals surface area contributed by atoms with Gasteiger partial charge in [0, 0.05) is 0 Å². The molecule has 0 aliphatic rings. The zero-order valence-corrected chi connectivity index (χ0v) is 7.47. The van der Waals surface area contributed by atoms with Gasteiger partial charge in [-0.2, -0.15) is 8.42 Å². The molecule has 0 saturated carbocycles. The Bertz CT molecular complexity index is 155. The average Bonchev–Trinajstić information content (AvgIpc) is 1.90. The van der Waals surface area contributed by atoms with E-state index in [4.69, 9.17) is 4.55 Å². The van der Waals surface area contributed by atoms with Gasteiger partial charge in [-0.3, -0.25) is 16.2 Å². The highest BCUT2D eigenvalue weighted by Crippen LogP contribution is 1.96. The first-order valence-electron chi connectivity index (χ1n) is 3.35. The predicted octanol–water partition coefficient (Wildman–Crippen LogP) is -0.117. The molecule has 0 aromatic heterocycles. The van der Waals surface area contributed by atoms with E-state index in [1.165, 1.54) is 0 Å². The summed E-state index contributed by atoms with van der Waals surface area (Å²) in [5.41, 5.74) is 0. The maximum atomic E-state index is 10.1. The molecule has 0 bridgehead atoms. The second kappa shape index (κ2) is 7.93. The number of unbranched alkanes of at least 4 members (excludes halogenated alkanes) is 2. The fourth-order valence-electron chi connectivity index (χ4n) is 0.534. The van der Waals surface area contributed by atoms with Crippen LogP contribution in [-0.2, 0) is 10.1 Å². The van der Waals surface area contributed by atoms with Crippen molar-refractivity contribution in [1.29, 1.82) is 0 Å². The fourth-order valence-corrected chi connectivity index (χ4v) is 1.10. The average molecular weight is 184 g/mol. The van der Waals surface area contributed by atoms with Crippen molar-refractivity contribution in [1.82, 2.24) is 0 Å². The van der Waals surface area contributed by atoms with Crippen LogP contribution in [0.4, 0.5) is 0 Å². The first kappa shape index (κ1) is 13.4. The lowest BCUT2D eigenvalue weighted by molar-refractivity contribution is 0.480. The molecule has 0 saturated heterocycles. The molecule has 0 rings (SSSR count). The van der Waals surface area contributed by atoms with E-state index in [-0.39, 0.29) is 5.75 Å². The molecule has 0 aliphatic carbocycles. The summed E-state index contributed by atoms with van der Waals surface area (Å²) >= 11 is 0. The van der Waals surface area contributed by atoms with Crippen molar-refractivity contribution in [2.24, 2.45) is 11.7 Å². The van der Waals surface area contributed by atoms with Crippen molar-refractivity contribution in [2.45, 2.75) is 26.2 Å².